The smallest absolute Gasteiger partial charge is 0.252 e. The molecule has 1 amide bonds. The van der Waals surface area contributed by atoms with Gasteiger partial charge in [-0.2, -0.15) is 11.3 Å². The van der Waals surface area contributed by atoms with Crippen molar-refractivity contribution >= 4 is 28.6 Å². The monoisotopic (exact) mass is 280 g/mol. The Morgan fingerprint density at radius 3 is 2.83 bits per heavy atom. The molecule has 0 aromatic carbocycles. The maximum atomic E-state index is 11.8. The highest BCUT2D eigenvalue weighted by molar-refractivity contribution is 7.11. The number of amides is 1. The molecule has 0 saturated heterocycles. The lowest BCUT2D eigenvalue weighted by atomic mass is 10.2. The zero-order chi connectivity index (χ0) is 13.1. The van der Waals surface area contributed by atoms with Crippen molar-refractivity contribution in [3.63, 3.8) is 0 Å². The standard InChI is InChI=1S/C13H16N2OS2/c1-8(2)13-15-9(3)11(18-13)6-14-12(16)10-4-5-17-7-10/h4-5,7-8H,6H2,1-3H3,(H,14,16). The van der Waals surface area contributed by atoms with E-state index in [4.69, 9.17) is 0 Å². The van der Waals surface area contributed by atoms with Crippen molar-refractivity contribution < 1.29 is 4.79 Å². The van der Waals surface area contributed by atoms with E-state index in [0.717, 1.165) is 21.1 Å². The molecule has 5 heteroatoms. The maximum absolute atomic E-state index is 11.8. The Kier molecular flexibility index (Phi) is 4.14. The number of aromatic nitrogens is 1. The van der Waals surface area contributed by atoms with Crippen LogP contribution in [-0.2, 0) is 6.54 Å². The van der Waals surface area contributed by atoms with Gasteiger partial charge in [-0.15, -0.1) is 11.3 Å². The van der Waals surface area contributed by atoms with Gasteiger partial charge in [0.1, 0.15) is 0 Å². The van der Waals surface area contributed by atoms with E-state index >= 15 is 0 Å². The summed E-state index contributed by atoms with van der Waals surface area (Å²) in [5.41, 5.74) is 1.75. The van der Waals surface area contributed by atoms with E-state index in [1.54, 1.807) is 11.3 Å². The van der Waals surface area contributed by atoms with Crippen LogP contribution in [0.5, 0.6) is 0 Å². The van der Waals surface area contributed by atoms with Crippen LogP contribution in [0.1, 0.15) is 45.7 Å². The van der Waals surface area contributed by atoms with Crippen LogP contribution in [0.15, 0.2) is 16.8 Å². The highest BCUT2D eigenvalue weighted by Crippen LogP contribution is 2.24. The minimum Gasteiger partial charge on any atom is -0.347 e. The van der Waals surface area contributed by atoms with E-state index in [9.17, 15) is 4.79 Å². The van der Waals surface area contributed by atoms with Crippen molar-refractivity contribution in [3.05, 3.63) is 38.0 Å². The lowest BCUT2D eigenvalue weighted by molar-refractivity contribution is 0.0951. The van der Waals surface area contributed by atoms with Gasteiger partial charge in [-0.3, -0.25) is 4.79 Å². The average molecular weight is 280 g/mol. The quantitative estimate of drug-likeness (QED) is 0.930. The largest absolute Gasteiger partial charge is 0.347 e. The zero-order valence-electron chi connectivity index (χ0n) is 10.7. The van der Waals surface area contributed by atoms with Gasteiger partial charge in [0.15, 0.2) is 0 Å². The molecule has 96 valence electrons. The normalized spacial score (nSPS) is 10.9. The number of thiophene rings is 1. The van der Waals surface area contributed by atoms with Crippen molar-refractivity contribution in [2.45, 2.75) is 33.2 Å². The molecule has 1 N–H and O–H groups in total. The molecule has 2 rings (SSSR count). The fraction of sp³-hybridized carbons (Fsp3) is 0.385. The summed E-state index contributed by atoms with van der Waals surface area (Å²) < 4.78 is 0. The van der Waals surface area contributed by atoms with E-state index in [-0.39, 0.29) is 5.91 Å². The molecule has 18 heavy (non-hydrogen) atoms. The lowest BCUT2D eigenvalue weighted by Crippen LogP contribution is -2.22. The van der Waals surface area contributed by atoms with Crippen LogP contribution in [0.4, 0.5) is 0 Å². The van der Waals surface area contributed by atoms with E-state index in [0.29, 0.717) is 12.5 Å². The molecule has 3 nitrogen and oxygen atoms in total. The lowest BCUT2D eigenvalue weighted by Gasteiger charge is -2.02. The molecule has 0 bridgehead atoms. The molecule has 0 aliphatic heterocycles. The Bertz CT molecular complexity index is 529. The number of rotatable bonds is 4. The zero-order valence-corrected chi connectivity index (χ0v) is 12.3. The van der Waals surface area contributed by atoms with Crippen LogP contribution in [-0.4, -0.2) is 10.9 Å². The Morgan fingerprint density at radius 1 is 1.50 bits per heavy atom. The number of nitrogens with one attached hydrogen (secondary N) is 1. The summed E-state index contributed by atoms with van der Waals surface area (Å²) in [6, 6.07) is 1.83. The first-order valence-electron chi connectivity index (χ1n) is 5.84. The summed E-state index contributed by atoms with van der Waals surface area (Å²) in [5.74, 6) is 0.421. The molecule has 0 aliphatic rings. The summed E-state index contributed by atoms with van der Waals surface area (Å²) in [7, 11) is 0. The molecule has 2 heterocycles. The fourth-order valence-electron chi connectivity index (χ4n) is 1.52. The molecule has 0 unspecified atom stereocenters. The van der Waals surface area contributed by atoms with Gasteiger partial charge in [-0.1, -0.05) is 13.8 Å². The highest BCUT2D eigenvalue weighted by atomic mass is 32.1. The minimum atomic E-state index is -0.0184. The molecule has 0 atom stereocenters. The van der Waals surface area contributed by atoms with Crippen LogP contribution in [0, 0.1) is 6.92 Å². The summed E-state index contributed by atoms with van der Waals surface area (Å²) in [6.07, 6.45) is 0. The second-order valence-electron chi connectivity index (χ2n) is 4.41. The molecule has 2 aromatic heterocycles. The second-order valence-corrected chi connectivity index (χ2v) is 6.31. The van der Waals surface area contributed by atoms with Crippen molar-refractivity contribution in [2.75, 3.05) is 0 Å². The average Bonchev–Trinajstić information content (AvgIpc) is 2.95. The van der Waals surface area contributed by atoms with Crippen molar-refractivity contribution in [2.24, 2.45) is 0 Å². The molecule has 0 radical (unpaired) electrons. The van der Waals surface area contributed by atoms with Gasteiger partial charge < -0.3 is 5.32 Å². The molecule has 0 spiro atoms. The first kappa shape index (κ1) is 13.2. The summed E-state index contributed by atoms with van der Waals surface area (Å²) in [5, 5.41) is 7.83. The number of carbonyl (C=O) groups is 1. The SMILES string of the molecule is Cc1nc(C(C)C)sc1CNC(=O)c1ccsc1. The van der Waals surface area contributed by atoms with Crippen LogP contribution < -0.4 is 5.32 Å². The molecule has 0 aliphatic carbocycles. The first-order chi connectivity index (χ1) is 8.58. The minimum absolute atomic E-state index is 0.0184. The maximum Gasteiger partial charge on any atom is 0.252 e. The number of carbonyl (C=O) groups excluding carboxylic acids is 1. The van der Waals surface area contributed by atoms with Gasteiger partial charge in [0.2, 0.25) is 0 Å². The third-order valence-electron chi connectivity index (χ3n) is 2.60. The van der Waals surface area contributed by atoms with Crippen LogP contribution in [0.25, 0.3) is 0 Å². The van der Waals surface area contributed by atoms with Gasteiger partial charge in [0.05, 0.1) is 17.2 Å². The van der Waals surface area contributed by atoms with Crippen LogP contribution in [0.2, 0.25) is 0 Å². The van der Waals surface area contributed by atoms with Crippen LogP contribution >= 0.6 is 22.7 Å². The second kappa shape index (κ2) is 5.63. The Balaban J connectivity index is 2.00. The van der Waals surface area contributed by atoms with Crippen molar-refractivity contribution in [1.29, 1.82) is 0 Å². The van der Waals surface area contributed by atoms with Crippen molar-refractivity contribution in [1.82, 2.24) is 10.3 Å². The van der Waals surface area contributed by atoms with Gasteiger partial charge in [0, 0.05) is 21.7 Å². The van der Waals surface area contributed by atoms with Gasteiger partial charge >= 0.3 is 0 Å². The van der Waals surface area contributed by atoms with Crippen LogP contribution in [0.3, 0.4) is 0 Å². The predicted molar refractivity (Wildman–Crippen MR) is 76.4 cm³/mol. The number of nitrogens with zero attached hydrogens (tertiary/aromatic N) is 1. The van der Waals surface area contributed by atoms with E-state index in [2.05, 4.69) is 24.1 Å². The van der Waals surface area contributed by atoms with Gasteiger partial charge in [-0.05, 0) is 18.4 Å². The highest BCUT2D eigenvalue weighted by Gasteiger charge is 2.12. The molecular weight excluding hydrogens is 264 g/mol. The van der Waals surface area contributed by atoms with Gasteiger partial charge in [-0.25, -0.2) is 4.98 Å². The van der Waals surface area contributed by atoms with Crippen molar-refractivity contribution in [3.8, 4) is 0 Å². The molecule has 2 aromatic rings. The summed E-state index contributed by atoms with van der Waals surface area (Å²) >= 11 is 3.21. The number of hydrogen-bond donors (Lipinski definition) is 1. The predicted octanol–water partition coefficient (Wildman–Crippen LogP) is 3.57. The molecule has 0 saturated carbocycles. The molecular formula is C13H16N2OS2. The summed E-state index contributed by atoms with van der Waals surface area (Å²) in [4.78, 5) is 17.5. The number of aryl methyl sites for hydroxylation is 1. The number of hydrogen-bond acceptors (Lipinski definition) is 4. The van der Waals surface area contributed by atoms with E-state index in [1.165, 1.54) is 11.3 Å². The fourth-order valence-corrected chi connectivity index (χ4v) is 3.16. The Hall–Kier alpha value is -1.20. The molecule has 0 fully saturated rings. The third kappa shape index (κ3) is 2.97. The topological polar surface area (TPSA) is 42.0 Å². The number of thiazole rings is 1. The Labute approximate surface area is 115 Å². The van der Waals surface area contributed by atoms with Gasteiger partial charge in [0.25, 0.3) is 5.91 Å². The summed E-state index contributed by atoms with van der Waals surface area (Å²) in [6.45, 7) is 6.82. The Morgan fingerprint density at radius 2 is 2.28 bits per heavy atom. The first-order valence-corrected chi connectivity index (χ1v) is 7.60. The van der Waals surface area contributed by atoms with E-state index in [1.807, 2.05) is 23.8 Å². The van der Waals surface area contributed by atoms with E-state index < -0.39 is 0 Å². The third-order valence-corrected chi connectivity index (χ3v) is 4.74.